The zero-order valence-corrected chi connectivity index (χ0v) is 13.1. The molecule has 0 fully saturated rings. The molecule has 0 aliphatic rings. The minimum atomic E-state index is -0.529. The maximum Gasteiger partial charge on any atom is 0.292 e. The van der Waals surface area contributed by atoms with Crippen LogP contribution < -0.4 is 16.4 Å². The maximum atomic E-state index is 12.2. The number of carbonyl (C=O) groups is 1. The molecule has 0 spiro atoms. The van der Waals surface area contributed by atoms with Crippen LogP contribution in [0.15, 0.2) is 24.3 Å². The minimum absolute atomic E-state index is 0.0206. The zero-order chi connectivity index (χ0) is 16.6. The summed E-state index contributed by atoms with van der Waals surface area (Å²) < 4.78 is 0. The van der Waals surface area contributed by atoms with Crippen molar-refractivity contribution in [2.45, 2.75) is 26.7 Å². The van der Waals surface area contributed by atoms with Crippen LogP contribution in [0.5, 0.6) is 0 Å². The highest BCUT2D eigenvalue weighted by Gasteiger charge is 2.32. The van der Waals surface area contributed by atoms with Crippen molar-refractivity contribution < 1.29 is 9.72 Å². The van der Waals surface area contributed by atoms with Crippen LogP contribution in [0, 0.1) is 15.5 Å². The quantitative estimate of drug-likeness (QED) is 0.366. The van der Waals surface area contributed by atoms with Gasteiger partial charge in [-0.3, -0.25) is 14.9 Å². The monoisotopic (exact) mass is 308 g/mol. The lowest BCUT2D eigenvalue weighted by Crippen LogP contribution is -2.46. The van der Waals surface area contributed by atoms with Crippen molar-refractivity contribution in [1.29, 1.82) is 0 Å². The average Bonchev–Trinajstić information content (AvgIpc) is 2.54. The van der Waals surface area contributed by atoms with Gasteiger partial charge in [0.1, 0.15) is 5.69 Å². The molecule has 1 amide bonds. The van der Waals surface area contributed by atoms with E-state index >= 15 is 0 Å². The number of nitrogens with zero attached hydrogens (tertiary/aromatic N) is 1. The normalized spacial score (nSPS) is 11.0. The van der Waals surface area contributed by atoms with Gasteiger partial charge in [0.15, 0.2) is 0 Å². The molecular weight excluding hydrogens is 284 g/mol. The molecule has 1 aromatic rings. The Morgan fingerprint density at radius 2 is 1.91 bits per heavy atom. The van der Waals surface area contributed by atoms with E-state index < -0.39 is 10.3 Å². The summed E-state index contributed by atoms with van der Waals surface area (Å²) in [6.45, 7) is 4.99. The van der Waals surface area contributed by atoms with Crippen LogP contribution in [0.2, 0.25) is 0 Å². The Morgan fingerprint density at radius 3 is 2.45 bits per heavy atom. The number of rotatable bonds is 9. The highest BCUT2D eigenvalue weighted by molar-refractivity contribution is 5.82. The van der Waals surface area contributed by atoms with Crippen molar-refractivity contribution in [3.05, 3.63) is 34.4 Å². The third kappa shape index (κ3) is 4.17. The predicted molar refractivity (Wildman–Crippen MR) is 86.7 cm³/mol. The number of para-hydroxylation sites is 2. The Bertz CT molecular complexity index is 507. The van der Waals surface area contributed by atoms with E-state index in [1.54, 1.807) is 18.2 Å². The van der Waals surface area contributed by atoms with E-state index in [2.05, 4.69) is 10.6 Å². The van der Waals surface area contributed by atoms with Crippen molar-refractivity contribution in [3.63, 3.8) is 0 Å². The van der Waals surface area contributed by atoms with Crippen molar-refractivity contribution in [3.8, 4) is 0 Å². The molecular formula is C15H24N4O3. The van der Waals surface area contributed by atoms with Gasteiger partial charge in [-0.1, -0.05) is 26.0 Å². The van der Waals surface area contributed by atoms with Gasteiger partial charge in [-0.05, 0) is 18.9 Å². The third-order valence-electron chi connectivity index (χ3n) is 4.05. The molecule has 0 saturated carbocycles. The number of nitrogens with one attached hydrogen (secondary N) is 2. The van der Waals surface area contributed by atoms with E-state index in [4.69, 9.17) is 5.73 Å². The number of benzene rings is 1. The topological polar surface area (TPSA) is 110 Å². The van der Waals surface area contributed by atoms with Gasteiger partial charge >= 0.3 is 0 Å². The fraction of sp³-hybridized carbons (Fsp3) is 0.533. The number of amides is 1. The van der Waals surface area contributed by atoms with Gasteiger partial charge in [0.2, 0.25) is 5.91 Å². The highest BCUT2D eigenvalue weighted by atomic mass is 16.6. The fourth-order valence-electron chi connectivity index (χ4n) is 2.30. The van der Waals surface area contributed by atoms with E-state index in [9.17, 15) is 14.9 Å². The largest absolute Gasteiger partial charge is 0.378 e. The summed E-state index contributed by atoms with van der Waals surface area (Å²) in [5.74, 6) is -0.0654. The Kier molecular flexibility index (Phi) is 6.78. The van der Waals surface area contributed by atoms with Crippen molar-refractivity contribution in [1.82, 2.24) is 5.32 Å². The van der Waals surface area contributed by atoms with E-state index in [1.165, 1.54) is 6.07 Å². The van der Waals surface area contributed by atoms with Gasteiger partial charge < -0.3 is 16.4 Å². The lowest BCUT2D eigenvalue weighted by atomic mass is 9.81. The molecule has 1 rings (SSSR count). The summed E-state index contributed by atoms with van der Waals surface area (Å²) in [6.07, 6.45) is 1.37. The molecule has 7 heteroatoms. The van der Waals surface area contributed by atoms with Gasteiger partial charge in [0.05, 0.1) is 10.3 Å². The number of hydrogen-bond donors (Lipinski definition) is 3. The summed E-state index contributed by atoms with van der Waals surface area (Å²) in [4.78, 5) is 22.7. The zero-order valence-electron chi connectivity index (χ0n) is 13.1. The molecule has 4 N–H and O–H groups in total. The second-order valence-electron chi connectivity index (χ2n) is 5.15. The molecule has 0 atom stereocenters. The SMILES string of the molecule is CCC(CC)(CN)C(=O)NCCNc1ccccc1[N+](=O)[O-]. The molecule has 0 bridgehead atoms. The highest BCUT2D eigenvalue weighted by Crippen LogP contribution is 2.25. The molecule has 7 nitrogen and oxygen atoms in total. The number of nitro groups is 1. The van der Waals surface area contributed by atoms with Crippen LogP contribution >= 0.6 is 0 Å². The van der Waals surface area contributed by atoms with Gasteiger partial charge in [0.25, 0.3) is 5.69 Å². The molecule has 1 aromatic carbocycles. The summed E-state index contributed by atoms with van der Waals surface area (Å²) in [5, 5.41) is 16.7. The first-order valence-electron chi connectivity index (χ1n) is 7.46. The number of nitro benzene ring substituents is 1. The van der Waals surface area contributed by atoms with E-state index in [0.29, 0.717) is 38.2 Å². The molecule has 122 valence electrons. The second kappa shape index (κ2) is 8.33. The summed E-state index contributed by atoms with van der Waals surface area (Å²) in [6, 6.07) is 6.42. The smallest absolute Gasteiger partial charge is 0.292 e. The van der Waals surface area contributed by atoms with E-state index in [1.807, 2.05) is 13.8 Å². The lowest BCUT2D eigenvalue weighted by Gasteiger charge is -2.28. The van der Waals surface area contributed by atoms with Crippen molar-refractivity contribution in [2.75, 3.05) is 25.0 Å². The summed E-state index contributed by atoms with van der Waals surface area (Å²) in [5.41, 5.74) is 5.66. The maximum absolute atomic E-state index is 12.2. The fourth-order valence-corrected chi connectivity index (χ4v) is 2.30. The number of nitrogens with two attached hydrogens (primary N) is 1. The molecule has 0 saturated heterocycles. The number of anilines is 1. The molecule has 22 heavy (non-hydrogen) atoms. The molecule has 0 heterocycles. The standard InChI is InChI=1S/C15H24N4O3/c1-3-15(4-2,11-16)14(20)18-10-9-17-12-7-5-6-8-13(12)19(21)22/h5-8,17H,3-4,9-11,16H2,1-2H3,(H,18,20). The Hall–Kier alpha value is -2.15. The predicted octanol–water partition coefficient (Wildman–Crippen LogP) is 1.89. The third-order valence-corrected chi connectivity index (χ3v) is 4.05. The summed E-state index contributed by atoms with van der Waals surface area (Å²) in [7, 11) is 0. The van der Waals surface area contributed by atoms with Gasteiger partial charge in [-0.25, -0.2) is 0 Å². The van der Waals surface area contributed by atoms with Crippen molar-refractivity contribution >= 4 is 17.3 Å². The molecule has 0 aliphatic heterocycles. The first-order chi connectivity index (χ1) is 10.5. The van der Waals surface area contributed by atoms with Gasteiger partial charge in [-0.15, -0.1) is 0 Å². The van der Waals surface area contributed by atoms with Crippen LogP contribution in [0.3, 0.4) is 0 Å². The molecule has 0 radical (unpaired) electrons. The molecule has 0 unspecified atom stereocenters. The first-order valence-corrected chi connectivity index (χ1v) is 7.46. The van der Waals surface area contributed by atoms with Crippen LogP contribution in [-0.4, -0.2) is 30.5 Å². The number of carbonyl (C=O) groups excluding carboxylic acids is 1. The van der Waals surface area contributed by atoms with Crippen LogP contribution in [-0.2, 0) is 4.79 Å². The van der Waals surface area contributed by atoms with E-state index in [-0.39, 0.29) is 11.6 Å². The Balaban J connectivity index is 2.52. The van der Waals surface area contributed by atoms with E-state index in [0.717, 1.165) is 0 Å². The van der Waals surface area contributed by atoms with Gasteiger partial charge in [0, 0.05) is 25.7 Å². The minimum Gasteiger partial charge on any atom is -0.378 e. The Labute approximate surface area is 130 Å². The molecule has 0 aliphatic carbocycles. The average molecular weight is 308 g/mol. The molecule has 0 aromatic heterocycles. The van der Waals surface area contributed by atoms with Crippen LogP contribution in [0.25, 0.3) is 0 Å². The van der Waals surface area contributed by atoms with Crippen LogP contribution in [0.4, 0.5) is 11.4 Å². The lowest BCUT2D eigenvalue weighted by molar-refractivity contribution is -0.384. The van der Waals surface area contributed by atoms with Crippen LogP contribution in [0.1, 0.15) is 26.7 Å². The van der Waals surface area contributed by atoms with Crippen molar-refractivity contribution in [2.24, 2.45) is 11.1 Å². The number of hydrogen-bond acceptors (Lipinski definition) is 5. The second-order valence-corrected chi connectivity index (χ2v) is 5.15. The van der Waals surface area contributed by atoms with Gasteiger partial charge in [-0.2, -0.15) is 0 Å². The Morgan fingerprint density at radius 1 is 1.27 bits per heavy atom. The first kappa shape index (κ1) is 17.9. The summed E-state index contributed by atoms with van der Waals surface area (Å²) >= 11 is 0.